The maximum atomic E-state index is 13.8. The van der Waals surface area contributed by atoms with E-state index in [4.69, 9.17) is 4.42 Å². The summed E-state index contributed by atoms with van der Waals surface area (Å²) in [5, 5.41) is 8.16. The molecule has 0 radical (unpaired) electrons. The SMILES string of the molecule is O=C1c2ccccc2C(=O)N1CCCCSc1nnc(-c2ccccc2F)o1. The van der Waals surface area contributed by atoms with Gasteiger partial charge in [-0.1, -0.05) is 36.0 Å². The van der Waals surface area contributed by atoms with Crippen LogP contribution in [-0.2, 0) is 0 Å². The summed E-state index contributed by atoms with van der Waals surface area (Å²) in [5.74, 6) is -0.0585. The first kappa shape index (κ1) is 18.4. The van der Waals surface area contributed by atoms with Crippen LogP contribution in [0.2, 0.25) is 0 Å². The fourth-order valence-corrected chi connectivity index (χ4v) is 3.74. The summed E-state index contributed by atoms with van der Waals surface area (Å²) < 4.78 is 19.2. The van der Waals surface area contributed by atoms with E-state index in [1.165, 1.54) is 22.7 Å². The quantitative estimate of drug-likeness (QED) is 0.340. The molecule has 2 aromatic carbocycles. The van der Waals surface area contributed by atoms with E-state index >= 15 is 0 Å². The number of fused-ring (bicyclic) bond motifs is 1. The van der Waals surface area contributed by atoms with Gasteiger partial charge in [0.15, 0.2) is 0 Å². The predicted molar refractivity (Wildman–Crippen MR) is 101 cm³/mol. The number of nitrogens with zero attached hydrogens (tertiary/aromatic N) is 3. The number of amides is 2. The topological polar surface area (TPSA) is 76.3 Å². The van der Waals surface area contributed by atoms with Crippen molar-refractivity contribution in [1.82, 2.24) is 15.1 Å². The first-order valence-electron chi connectivity index (χ1n) is 8.81. The van der Waals surface area contributed by atoms with Gasteiger partial charge in [0.25, 0.3) is 22.9 Å². The summed E-state index contributed by atoms with van der Waals surface area (Å²) >= 11 is 1.36. The molecule has 0 spiro atoms. The van der Waals surface area contributed by atoms with Crippen LogP contribution in [0.1, 0.15) is 33.6 Å². The van der Waals surface area contributed by atoms with Crippen LogP contribution in [0.4, 0.5) is 4.39 Å². The highest BCUT2D eigenvalue weighted by Gasteiger charge is 2.34. The molecule has 0 unspecified atom stereocenters. The number of rotatable bonds is 7. The minimum Gasteiger partial charge on any atom is -0.411 e. The third kappa shape index (κ3) is 3.55. The zero-order valence-electron chi connectivity index (χ0n) is 14.8. The molecule has 4 rings (SSSR count). The molecule has 0 bridgehead atoms. The fourth-order valence-electron chi connectivity index (χ4n) is 2.99. The lowest BCUT2D eigenvalue weighted by Gasteiger charge is -2.13. The normalized spacial score (nSPS) is 13.2. The molecule has 2 amide bonds. The van der Waals surface area contributed by atoms with Crippen molar-refractivity contribution in [1.29, 1.82) is 0 Å². The number of benzene rings is 2. The molecule has 3 aromatic rings. The number of imide groups is 1. The Labute approximate surface area is 164 Å². The van der Waals surface area contributed by atoms with Crippen molar-refractivity contribution < 1.29 is 18.4 Å². The number of halogens is 1. The first-order chi connectivity index (χ1) is 13.6. The Morgan fingerprint density at radius 3 is 2.21 bits per heavy atom. The van der Waals surface area contributed by atoms with Gasteiger partial charge >= 0.3 is 0 Å². The summed E-state index contributed by atoms with van der Waals surface area (Å²) in [6.07, 6.45) is 1.43. The second-order valence-electron chi connectivity index (χ2n) is 6.22. The zero-order valence-corrected chi connectivity index (χ0v) is 15.6. The van der Waals surface area contributed by atoms with E-state index in [0.29, 0.717) is 35.1 Å². The number of aromatic nitrogens is 2. The van der Waals surface area contributed by atoms with Gasteiger partial charge in [0.05, 0.1) is 16.7 Å². The lowest BCUT2D eigenvalue weighted by atomic mass is 10.1. The Kier molecular flexibility index (Phi) is 5.21. The Bertz CT molecular complexity index is 1000. The van der Waals surface area contributed by atoms with Gasteiger partial charge in [-0.2, -0.15) is 0 Å². The minimum atomic E-state index is -0.413. The summed E-state index contributed by atoms with van der Waals surface area (Å²) in [6.45, 7) is 0.372. The summed E-state index contributed by atoms with van der Waals surface area (Å²) in [7, 11) is 0. The van der Waals surface area contributed by atoms with Crippen LogP contribution in [0.3, 0.4) is 0 Å². The third-order valence-corrected chi connectivity index (χ3v) is 5.30. The molecule has 8 heteroatoms. The molecule has 0 aliphatic carbocycles. The van der Waals surface area contributed by atoms with Crippen LogP contribution in [0.5, 0.6) is 0 Å². The second kappa shape index (κ2) is 7.93. The average molecular weight is 397 g/mol. The maximum absolute atomic E-state index is 13.8. The van der Waals surface area contributed by atoms with Crippen molar-refractivity contribution in [3.63, 3.8) is 0 Å². The third-order valence-electron chi connectivity index (χ3n) is 4.39. The van der Waals surface area contributed by atoms with E-state index in [-0.39, 0.29) is 23.3 Å². The van der Waals surface area contributed by atoms with Crippen molar-refractivity contribution >= 4 is 23.6 Å². The van der Waals surface area contributed by atoms with Crippen LogP contribution in [-0.4, -0.2) is 39.2 Å². The molecule has 0 atom stereocenters. The van der Waals surface area contributed by atoms with Gasteiger partial charge in [0.1, 0.15) is 5.82 Å². The molecule has 1 aromatic heterocycles. The molecule has 0 saturated heterocycles. The van der Waals surface area contributed by atoms with Gasteiger partial charge in [0, 0.05) is 12.3 Å². The fraction of sp³-hybridized carbons (Fsp3) is 0.200. The van der Waals surface area contributed by atoms with E-state index < -0.39 is 5.82 Å². The Morgan fingerprint density at radius 1 is 0.893 bits per heavy atom. The molecule has 1 aliphatic rings. The highest BCUT2D eigenvalue weighted by molar-refractivity contribution is 7.99. The molecule has 28 heavy (non-hydrogen) atoms. The van der Waals surface area contributed by atoms with E-state index in [9.17, 15) is 14.0 Å². The van der Waals surface area contributed by atoms with Crippen molar-refractivity contribution in [2.24, 2.45) is 0 Å². The monoisotopic (exact) mass is 397 g/mol. The molecule has 6 nitrogen and oxygen atoms in total. The minimum absolute atomic E-state index is 0.145. The number of thioether (sulfide) groups is 1. The van der Waals surface area contributed by atoms with Crippen molar-refractivity contribution in [3.05, 3.63) is 65.5 Å². The molecule has 0 saturated carbocycles. The zero-order chi connectivity index (χ0) is 19.5. The smallest absolute Gasteiger partial charge is 0.276 e. The highest BCUT2D eigenvalue weighted by Crippen LogP contribution is 2.26. The van der Waals surface area contributed by atoms with Crippen LogP contribution in [0.15, 0.2) is 58.2 Å². The van der Waals surface area contributed by atoms with Crippen LogP contribution < -0.4 is 0 Å². The van der Waals surface area contributed by atoms with Gasteiger partial charge in [-0.05, 0) is 37.1 Å². The van der Waals surface area contributed by atoms with Crippen molar-refractivity contribution in [2.45, 2.75) is 18.1 Å². The van der Waals surface area contributed by atoms with E-state index in [2.05, 4.69) is 10.2 Å². The summed E-state index contributed by atoms with van der Waals surface area (Å²) in [5.41, 5.74) is 1.20. The Morgan fingerprint density at radius 2 is 1.54 bits per heavy atom. The highest BCUT2D eigenvalue weighted by atomic mass is 32.2. The van der Waals surface area contributed by atoms with Crippen LogP contribution in [0.25, 0.3) is 11.5 Å². The van der Waals surface area contributed by atoms with Crippen LogP contribution >= 0.6 is 11.8 Å². The number of carbonyl (C=O) groups excluding carboxylic acids is 2. The van der Waals surface area contributed by atoms with Gasteiger partial charge in [-0.3, -0.25) is 14.5 Å². The van der Waals surface area contributed by atoms with Gasteiger partial charge in [-0.15, -0.1) is 10.2 Å². The molecule has 2 heterocycles. The van der Waals surface area contributed by atoms with Gasteiger partial charge < -0.3 is 4.42 Å². The predicted octanol–water partition coefficient (Wildman–Crippen LogP) is 4.04. The molecule has 0 fully saturated rings. The standard InChI is InChI=1S/C20H16FN3O3S/c21-16-10-4-3-9-15(16)17-22-23-20(27-17)28-12-6-5-11-24-18(25)13-7-1-2-8-14(13)19(24)26/h1-4,7-10H,5-6,11-12H2. The summed E-state index contributed by atoms with van der Waals surface area (Å²) in [6, 6.07) is 13.1. The molecular weight excluding hydrogens is 381 g/mol. The summed E-state index contributed by atoms with van der Waals surface area (Å²) in [4.78, 5) is 25.9. The number of unbranched alkanes of at least 4 members (excludes halogenated alkanes) is 1. The van der Waals surface area contributed by atoms with Crippen LogP contribution in [0, 0.1) is 5.82 Å². The van der Waals surface area contributed by atoms with E-state index in [1.54, 1.807) is 42.5 Å². The number of hydrogen-bond donors (Lipinski definition) is 0. The Balaban J connectivity index is 1.26. The lowest BCUT2D eigenvalue weighted by molar-refractivity contribution is 0.0652. The molecule has 1 aliphatic heterocycles. The van der Waals surface area contributed by atoms with E-state index in [1.807, 2.05) is 0 Å². The molecule has 142 valence electrons. The molecule has 0 N–H and O–H groups in total. The van der Waals surface area contributed by atoms with Crippen molar-refractivity contribution in [2.75, 3.05) is 12.3 Å². The second-order valence-corrected chi connectivity index (χ2v) is 7.26. The van der Waals surface area contributed by atoms with Gasteiger partial charge in [0.2, 0.25) is 0 Å². The first-order valence-corrected chi connectivity index (χ1v) is 9.80. The number of hydrogen-bond acceptors (Lipinski definition) is 6. The van der Waals surface area contributed by atoms with Gasteiger partial charge in [-0.25, -0.2) is 4.39 Å². The number of carbonyl (C=O) groups is 2. The molecular formula is C20H16FN3O3S. The average Bonchev–Trinajstić information content (AvgIpc) is 3.27. The maximum Gasteiger partial charge on any atom is 0.276 e. The Hall–Kier alpha value is -3.00. The van der Waals surface area contributed by atoms with E-state index in [0.717, 1.165) is 6.42 Å². The lowest BCUT2D eigenvalue weighted by Crippen LogP contribution is -2.30. The van der Waals surface area contributed by atoms with Crippen molar-refractivity contribution in [3.8, 4) is 11.5 Å². The largest absolute Gasteiger partial charge is 0.411 e.